The Morgan fingerprint density at radius 2 is 1.63 bits per heavy atom. The Hall–Kier alpha value is -1.14. The third kappa shape index (κ3) is 2.88. The molecule has 0 unspecified atom stereocenters. The molecular formula is C32H50O6. The zero-order valence-corrected chi connectivity index (χ0v) is 24.7. The third-order valence-corrected chi connectivity index (χ3v) is 14.6. The van der Waals surface area contributed by atoms with Gasteiger partial charge in [-0.2, -0.15) is 0 Å². The van der Waals surface area contributed by atoms with Gasteiger partial charge in [-0.25, -0.2) is 0 Å². The van der Waals surface area contributed by atoms with Gasteiger partial charge >= 0.3 is 11.9 Å². The van der Waals surface area contributed by atoms with Gasteiger partial charge in [-0.3, -0.25) is 9.59 Å². The highest BCUT2D eigenvalue weighted by molar-refractivity contribution is 5.82. The van der Waals surface area contributed by atoms with Crippen LogP contribution >= 0.6 is 0 Å². The van der Waals surface area contributed by atoms with E-state index >= 15 is 0 Å². The first kappa shape index (κ1) is 27.1. The second kappa shape index (κ2) is 7.78. The summed E-state index contributed by atoms with van der Waals surface area (Å²) in [6.07, 6.45) is 9.67. The van der Waals surface area contributed by atoms with Crippen molar-refractivity contribution in [1.82, 2.24) is 0 Å². The molecule has 5 saturated carbocycles. The van der Waals surface area contributed by atoms with E-state index in [1.165, 1.54) is 6.92 Å². The molecule has 0 radical (unpaired) electrons. The van der Waals surface area contributed by atoms with Gasteiger partial charge < -0.3 is 19.7 Å². The van der Waals surface area contributed by atoms with Crippen molar-refractivity contribution in [1.29, 1.82) is 0 Å². The molecule has 6 nitrogen and oxygen atoms in total. The molecule has 1 saturated heterocycles. The number of fused-ring (bicyclic) bond motifs is 5. The molecule has 38 heavy (non-hydrogen) atoms. The smallest absolute Gasteiger partial charge is 0.313 e. The van der Waals surface area contributed by atoms with Crippen LogP contribution in [0.2, 0.25) is 0 Å². The van der Waals surface area contributed by atoms with Crippen molar-refractivity contribution in [3.8, 4) is 0 Å². The molecule has 6 rings (SSSR count). The summed E-state index contributed by atoms with van der Waals surface area (Å²) in [5.74, 6) is 1.00. The monoisotopic (exact) mass is 530 g/mol. The fraction of sp³-hybridized carbons (Fsp3) is 0.938. The molecule has 1 heterocycles. The Morgan fingerprint density at radius 3 is 2.26 bits per heavy atom. The van der Waals surface area contributed by atoms with Crippen LogP contribution in [0.4, 0.5) is 0 Å². The molecule has 11 atom stereocenters. The van der Waals surface area contributed by atoms with Crippen LogP contribution in [0.5, 0.6) is 0 Å². The second-order valence-corrected chi connectivity index (χ2v) is 16.0. The van der Waals surface area contributed by atoms with E-state index in [1.54, 1.807) is 6.92 Å². The van der Waals surface area contributed by atoms with Crippen molar-refractivity contribution < 1.29 is 29.3 Å². The van der Waals surface area contributed by atoms with E-state index in [9.17, 15) is 19.8 Å². The molecule has 6 heteroatoms. The van der Waals surface area contributed by atoms with Crippen LogP contribution in [0.3, 0.4) is 0 Å². The molecule has 6 aliphatic rings. The maximum atomic E-state index is 13.5. The van der Waals surface area contributed by atoms with E-state index in [4.69, 9.17) is 9.47 Å². The van der Waals surface area contributed by atoms with Gasteiger partial charge in [0, 0.05) is 18.3 Å². The highest BCUT2D eigenvalue weighted by atomic mass is 16.6. The standard InChI is InChI=1S/C32H50O6/c1-19(34)37-23-11-12-27(4)21(26(23,2)3)10-13-29(6)22(27)9-8-20-24-31(15-14-28(20,29)5)16-17-32(24,38-25(31)35)30(7,36)18-33/h20-24,33,36H,8-18H2,1-7H3/t20-,21+,22-,23-,24-,27-,28-,29+,30+,31-,32-/m0/s1. The first-order valence-corrected chi connectivity index (χ1v) is 15.3. The fourth-order valence-electron chi connectivity index (χ4n) is 12.6. The summed E-state index contributed by atoms with van der Waals surface area (Å²) < 4.78 is 12.1. The summed E-state index contributed by atoms with van der Waals surface area (Å²) in [4.78, 5) is 25.4. The van der Waals surface area contributed by atoms with Gasteiger partial charge in [0.2, 0.25) is 0 Å². The number of hydrogen-bond acceptors (Lipinski definition) is 6. The number of aliphatic hydroxyl groups excluding tert-OH is 1. The van der Waals surface area contributed by atoms with Crippen LogP contribution in [0.15, 0.2) is 0 Å². The number of aliphatic hydroxyl groups is 2. The first-order valence-electron chi connectivity index (χ1n) is 15.3. The summed E-state index contributed by atoms with van der Waals surface area (Å²) >= 11 is 0. The Balaban J connectivity index is 1.39. The molecule has 0 aromatic heterocycles. The number of hydrogen-bond donors (Lipinski definition) is 2. The SMILES string of the molecule is CC(=O)O[C@H]1CC[C@@]2(C)[C@H](CC[C@]3(C)[C@H]2CC[C@H]2[C@H]4[C@]5(CC[C@@]23C)CC[C@]4([C@](C)(O)CO)OC5=O)C1(C)C. The summed E-state index contributed by atoms with van der Waals surface area (Å²) in [6.45, 7) is 15.0. The lowest BCUT2D eigenvalue weighted by Crippen LogP contribution is -2.68. The number of carbonyl (C=O) groups excluding carboxylic acids is 2. The summed E-state index contributed by atoms with van der Waals surface area (Å²) in [5, 5.41) is 21.8. The van der Waals surface area contributed by atoms with E-state index in [0.717, 1.165) is 57.8 Å². The van der Waals surface area contributed by atoms with Crippen LogP contribution in [0.1, 0.15) is 113 Å². The Morgan fingerprint density at radius 1 is 0.947 bits per heavy atom. The molecule has 1 aliphatic heterocycles. The van der Waals surface area contributed by atoms with Crippen molar-refractivity contribution in [3.63, 3.8) is 0 Å². The lowest BCUT2D eigenvalue weighted by atomic mass is 9.32. The average Bonchev–Trinajstić information content (AvgIpc) is 3.31. The molecule has 0 aromatic rings. The van der Waals surface area contributed by atoms with Crippen LogP contribution < -0.4 is 0 Å². The average molecular weight is 531 g/mol. The number of rotatable bonds is 3. The minimum atomic E-state index is -1.44. The Labute approximate surface area is 228 Å². The lowest BCUT2D eigenvalue weighted by molar-refractivity contribution is -0.257. The summed E-state index contributed by atoms with van der Waals surface area (Å²) in [6, 6.07) is 0. The predicted molar refractivity (Wildman–Crippen MR) is 143 cm³/mol. The summed E-state index contributed by atoms with van der Waals surface area (Å²) in [7, 11) is 0. The molecule has 6 fully saturated rings. The van der Waals surface area contributed by atoms with Gasteiger partial charge in [-0.1, -0.05) is 34.6 Å². The zero-order valence-electron chi connectivity index (χ0n) is 24.7. The largest absolute Gasteiger partial charge is 0.462 e. The van der Waals surface area contributed by atoms with Gasteiger partial charge in [0.15, 0.2) is 0 Å². The minimum absolute atomic E-state index is 0.0262. The first-order chi connectivity index (χ1) is 17.6. The number of carbonyl (C=O) groups is 2. The van der Waals surface area contributed by atoms with E-state index in [2.05, 4.69) is 34.6 Å². The normalized spacial score (nSPS) is 54.0. The highest BCUT2D eigenvalue weighted by Crippen LogP contribution is 2.80. The van der Waals surface area contributed by atoms with Gasteiger partial charge in [-0.15, -0.1) is 0 Å². The molecule has 5 aliphatic carbocycles. The van der Waals surface area contributed by atoms with Crippen molar-refractivity contribution in [3.05, 3.63) is 0 Å². The van der Waals surface area contributed by atoms with Gasteiger partial charge in [0.05, 0.1) is 12.0 Å². The fourth-order valence-corrected chi connectivity index (χ4v) is 12.6. The molecule has 0 aromatic carbocycles. The van der Waals surface area contributed by atoms with Gasteiger partial charge in [-0.05, 0) is 105 Å². The quantitative estimate of drug-likeness (QED) is 0.473. The van der Waals surface area contributed by atoms with Crippen molar-refractivity contribution in [2.75, 3.05) is 6.61 Å². The summed E-state index contributed by atoms with van der Waals surface area (Å²) in [5.41, 5.74) is -2.68. The van der Waals surface area contributed by atoms with Crippen LogP contribution in [-0.4, -0.2) is 46.1 Å². The van der Waals surface area contributed by atoms with E-state index < -0.39 is 23.2 Å². The van der Waals surface area contributed by atoms with Gasteiger partial charge in [0.1, 0.15) is 17.3 Å². The molecule has 214 valence electrons. The van der Waals surface area contributed by atoms with Crippen LogP contribution in [-0.2, 0) is 19.1 Å². The molecular weight excluding hydrogens is 480 g/mol. The van der Waals surface area contributed by atoms with Crippen LogP contribution in [0, 0.1) is 50.7 Å². The highest BCUT2D eigenvalue weighted by Gasteiger charge is 2.81. The lowest BCUT2D eigenvalue weighted by Gasteiger charge is -2.72. The Kier molecular flexibility index (Phi) is 5.54. The second-order valence-electron chi connectivity index (χ2n) is 16.0. The van der Waals surface area contributed by atoms with Crippen molar-refractivity contribution in [2.24, 2.45) is 50.7 Å². The Bertz CT molecular complexity index is 1050. The molecule has 0 spiro atoms. The van der Waals surface area contributed by atoms with E-state index in [-0.39, 0.29) is 51.5 Å². The van der Waals surface area contributed by atoms with Crippen molar-refractivity contribution in [2.45, 2.75) is 130 Å². The number of ether oxygens (including phenoxy) is 2. The van der Waals surface area contributed by atoms with Gasteiger partial charge in [0.25, 0.3) is 0 Å². The zero-order chi connectivity index (χ0) is 27.7. The minimum Gasteiger partial charge on any atom is -0.462 e. The number of esters is 2. The molecule has 2 bridgehead atoms. The maximum Gasteiger partial charge on any atom is 0.313 e. The predicted octanol–water partition coefficient (Wildman–Crippen LogP) is 5.42. The van der Waals surface area contributed by atoms with E-state index in [1.807, 2.05) is 0 Å². The maximum absolute atomic E-state index is 13.5. The van der Waals surface area contributed by atoms with Crippen LogP contribution in [0.25, 0.3) is 0 Å². The molecule has 0 amide bonds. The third-order valence-electron chi connectivity index (χ3n) is 14.6. The van der Waals surface area contributed by atoms with Crippen molar-refractivity contribution >= 4 is 11.9 Å². The topological polar surface area (TPSA) is 93.1 Å². The van der Waals surface area contributed by atoms with E-state index in [0.29, 0.717) is 18.3 Å². The molecule has 2 N–H and O–H groups in total.